The Morgan fingerprint density at radius 2 is 2.00 bits per heavy atom. The molecule has 4 nitrogen and oxygen atoms in total. The van der Waals surface area contributed by atoms with E-state index < -0.39 is 0 Å². The lowest BCUT2D eigenvalue weighted by atomic mass is 9.97. The standard InChI is InChI=1S/C16H16N4/c1-10-5-6-13(11(2)8-10)15-14(16(17)20-19-15)12-4-3-7-18-9-12/h3-9H,1-2H3,(H3,17,19,20). The van der Waals surface area contributed by atoms with Crippen LogP contribution in [0.25, 0.3) is 22.4 Å². The predicted octanol–water partition coefficient (Wildman–Crippen LogP) is 3.34. The minimum atomic E-state index is 0.493. The quantitative estimate of drug-likeness (QED) is 0.746. The number of rotatable bonds is 2. The van der Waals surface area contributed by atoms with E-state index in [0.717, 1.165) is 22.4 Å². The highest BCUT2D eigenvalue weighted by molar-refractivity contribution is 5.88. The van der Waals surface area contributed by atoms with Gasteiger partial charge in [-0.25, -0.2) is 0 Å². The van der Waals surface area contributed by atoms with Gasteiger partial charge in [0.1, 0.15) is 0 Å². The lowest BCUT2D eigenvalue weighted by molar-refractivity contribution is 1.10. The van der Waals surface area contributed by atoms with Gasteiger partial charge in [-0.3, -0.25) is 10.1 Å². The number of nitrogen functional groups attached to an aromatic ring is 1. The summed E-state index contributed by atoms with van der Waals surface area (Å²) in [6, 6.07) is 10.2. The van der Waals surface area contributed by atoms with Gasteiger partial charge in [0, 0.05) is 23.5 Å². The van der Waals surface area contributed by atoms with Crippen molar-refractivity contribution in [1.29, 1.82) is 0 Å². The third kappa shape index (κ3) is 2.05. The number of nitrogens with one attached hydrogen (secondary N) is 1. The molecule has 0 bridgehead atoms. The molecule has 0 saturated heterocycles. The van der Waals surface area contributed by atoms with Gasteiger partial charge in [-0.1, -0.05) is 29.8 Å². The van der Waals surface area contributed by atoms with Crippen molar-refractivity contribution in [1.82, 2.24) is 15.2 Å². The van der Waals surface area contributed by atoms with Gasteiger partial charge >= 0.3 is 0 Å². The average Bonchev–Trinajstić information content (AvgIpc) is 2.81. The number of aryl methyl sites for hydroxylation is 2. The lowest BCUT2D eigenvalue weighted by Gasteiger charge is -2.08. The number of hydrogen-bond acceptors (Lipinski definition) is 3. The van der Waals surface area contributed by atoms with E-state index in [-0.39, 0.29) is 0 Å². The van der Waals surface area contributed by atoms with Gasteiger partial charge in [-0.15, -0.1) is 0 Å². The molecule has 4 heteroatoms. The van der Waals surface area contributed by atoms with Crippen LogP contribution in [0.2, 0.25) is 0 Å². The van der Waals surface area contributed by atoms with Crippen molar-refractivity contribution in [3.63, 3.8) is 0 Å². The SMILES string of the molecule is Cc1ccc(-c2[nH]nc(N)c2-c2cccnc2)c(C)c1. The normalized spacial score (nSPS) is 10.7. The number of aromatic nitrogens is 3. The first-order valence-electron chi connectivity index (χ1n) is 6.48. The fourth-order valence-electron chi connectivity index (χ4n) is 2.45. The number of aromatic amines is 1. The molecule has 0 aliphatic rings. The second-order valence-corrected chi connectivity index (χ2v) is 4.92. The molecule has 20 heavy (non-hydrogen) atoms. The van der Waals surface area contributed by atoms with Gasteiger partial charge in [-0.2, -0.15) is 5.10 Å². The van der Waals surface area contributed by atoms with Crippen LogP contribution in [0.1, 0.15) is 11.1 Å². The van der Waals surface area contributed by atoms with E-state index in [4.69, 9.17) is 5.73 Å². The van der Waals surface area contributed by atoms with Gasteiger partial charge < -0.3 is 5.73 Å². The van der Waals surface area contributed by atoms with Crippen molar-refractivity contribution in [2.45, 2.75) is 13.8 Å². The number of anilines is 1. The van der Waals surface area contributed by atoms with Crippen LogP contribution in [-0.2, 0) is 0 Å². The number of hydrogen-bond donors (Lipinski definition) is 2. The second-order valence-electron chi connectivity index (χ2n) is 4.92. The third-order valence-electron chi connectivity index (χ3n) is 3.40. The third-order valence-corrected chi connectivity index (χ3v) is 3.40. The molecular weight excluding hydrogens is 248 g/mol. The fourth-order valence-corrected chi connectivity index (χ4v) is 2.45. The molecule has 3 rings (SSSR count). The molecular formula is C16H16N4. The maximum Gasteiger partial charge on any atom is 0.153 e. The Kier molecular flexibility index (Phi) is 2.99. The molecule has 0 aliphatic heterocycles. The van der Waals surface area contributed by atoms with E-state index in [9.17, 15) is 0 Å². The van der Waals surface area contributed by atoms with E-state index >= 15 is 0 Å². The summed E-state index contributed by atoms with van der Waals surface area (Å²) in [6.07, 6.45) is 3.55. The number of nitrogens with zero attached hydrogens (tertiary/aromatic N) is 2. The van der Waals surface area contributed by atoms with E-state index in [2.05, 4.69) is 47.2 Å². The van der Waals surface area contributed by atoms with Gasteiger partial charge in [0.25, 0.3) is 0 Å². The maximum atomic E-state index is 6.02. The molecule has 1 aromatic carbocycles. The molecule has 100 valence electrons. The molecule has 2 aromatic heterocycles. The maximum absolute atomic E-state index is 6.02. The summed E-state index contributed by atoms with van der Waals surface area (Å²) >= 11 is 0. The van der Waals surface area contributed by atoms with Crippen LogP contribution >= 0.6 is 0 Å². The monoisotopic (exact) mass is 264 g/mol. The Hall–Kier alpha value is -2.62. The minimum absolute atomic E-state index is 0.493. The highest BCUT2D eigenvalue weighted by atomic mass is 15.2. The highest BCUT2D eigenvalue weighted by Crippen LogP contribution is 2.35. The summed E-state index contributed by atoms with van der Waals surface area (Å²) in [7, 11) is 0. The highest BCUT2D eigenvalue weighted by Gasteiger charge is 2.16. The molecule has 0 radical (unpaired) electrons. The molecule has 0 atom stereocenters. The first kappa shape index (κ1) is 12.4. The molecule has 2 heterocycles. The van der Waals surface area contributed by atoms with Crippen molar-refractivity contribution < 1.29 is 0 Å². The average molecular weight is 264 g/mol. The Bertz CT molecular complexity index is 744. The van der Waals surface area contributed by atoms with Gasteiger partial charge in [-0.05, 0) is 25.5 Å². The molecule has 0 amide bonds. The smallest absolute Gasteiger partial charge is 0.153 e. The number of nitrogens with two attached hydrogens (primary N) is 1. The van der Waals surface area contributed by atoms with Crippen molar-refractivity contribution in [3.05, 3.63) is 53.9 Å². The minimum Gasteiger partial charge on any atom is -0.382 e. The zero-order chi connectivity index (χ0) is 14.1. The summed E-state index contributed by atoms with van der Waals surface area (Å²) in [5, 5.41) is 7.20. The van der Waals surface area contributed by atoms with E-state index in [1.807, 2.05) is 12.1 Å². The van der Waals surface area contributed by atoms with Crippen LogP contribution in [-0.4, -0.2) is 15.2 Å². The zero-order valence-corrected chi connectivity index (χ0v) is 11.5. The number of benzene rings is 1. The van der Waals surface area contributed by atoms with Crippen LogP contribution in [0.5, 0.6) is 0 Å². The Balaban J connectivity index is 2.21. The topological polar surface area (TPSA) is 67.6 Å². The van der Waals surface area contributed by atoms with Crippen LogP contribution in [0.15, 0.2) is 42.7 Å². The molecule has 0 saturated carbocycles. The van der Waals surface area contributed by atoms with Gasteiger partial charge in [0.2, 0.25) is 0 Å². The van der Waals surface area contributed by atoms with Gasteiger partial charge in [0.15, 0.2) is 5.82 Å². The van der Waals surface area contributed by atoms with E-state index in [1.165, 1.54) is 11.1 Å². The van der Waals surface area contributed by atoms with Gasteiger partial charge in [0.05, 0.1) is 11.3 Å². The molecule has 3 aromatic rings. The largest absolute Gasteiger partial charge is 0.382 e. The first-order chi connectivity index (χ1) is 9.66. The summed E-state index contributed by atoms with van der Waals surface area (Å²) in [5.74, 6) is 0.493. The fraction of sp³-hybridized carbons (Fsp3) is 0.125. The molecule has 0 spiro atoms. The summed E-state index contributed by atoms with van der Waals surface area (Å²) in [5.41, 5.74) is 12.4. The molecule has 0 unspecified atom stereocenters. The van der Waals surface area contributed by atoms with Crippen LogP contribution < -0.4 is 5.73 Å². The molecule has 0 fully saturated rings. The summed E-state index contributed by atoms with van der Waals surface area (Å²) in [6.45, 7) is 4.17. The van der Waals surface area contributed by atoms with Crippen molar-refractivity contribution in [2.75, 3.05) is 5.73 Å². The lowest BCUT2D eigenvalue weighted by Crippen LogP contribution is -1.90. The van der Waals surface area contributed by atoms with Crippen molar-refractivity contribution in [2.24, 2.45) is 0 Å². The zero-order valence-electron chi connectivity index (χ0n) is 11.5. The Morgan fingerprint density at radius 3 is 2.70 bits per heavy atom. The van der Waals surface area contributed by atoms with E-state index in [1.54, 1.807) is 12.4 Å². The Labute approximate surface area is 117 Å². The molecule has 0 aliphatic carbocycles. The van der Waals surface area contributed by atoms with Crippen LogP contribution in [0.3, 0.4) is 0 Å². The van der Waals surface area contributed by atoms with Crippen molar-refractivity contribution in [3.8, 4) is 22.4 Å². The second kappa shape index (κ2) is 4.81. The van der Waals surface area contributed by atoms with Crippen molar-refractivity contribution >= 4 is 5.82 Å². The van der Waals surface area contributed by atoms with Crippen LogP contribution in [0, 0.1) is 13.8 Å². The Morgan fingerprint density at radius 1 is 1.15 bits per heavy atom. The first-order valence-corrected chi connectivity index (χ1v) is 6.48. The van der Waals surface area contributed by atoms with E-state index in [0.29, 0.717) is 5.82 Å². The summed E-state index contributed by atoms with van der Waals surface area (Å²) < 4.78 is 0. The summed E-state index contributed by atoms with van der Waals surface area (Å²) in [4.78, 5) is 4.16. The molecule has 3 N–H and O–H groups in total. The number of pyridine rings is 1. The van der Waals surface area contributed by atoms with Crippen LogP contribution in [0.4, 0.5) is 5.82 Å². The predicted molar refractivity (Wildman–Crippen MR) is 81.1 cm³/mol. The number of H-pyrrole nitrogens is 1.